The number of methoxy groups -OCH3 is 3. The number of ketones is 1. The molecule has 0 aromatic heterocycles. The minimum Gasteiger partial charge on any atom is -0.458 e. The van der Waals surface area contributed by atoms with Gasteiger partial charge in [-0.1, -0.05) is 43.7 Å². The summed E-state index contributed by atoms with van der Waals surface area (Å²) in [5.41, 5.74) is -3.51. The number of carbonyl (C=O) groups excluding carboxylic acids is 2. The van der Waals surface area contributed by atoms with Crippen molar-refractivity contribution in [2.24, 2.45) is 22.7 Å². The molecular weight excluding hydrogens is 981 g/mol. The van der Waals surface area contributed by atoms with Gasteiger partial charge in [0.1, 0.15) is 65.8 Å². The van der Waals surface area contributed by atoms with Crippen molar-refractivity contribution in [1.82, 2.24) is 0 Å². The van der Waals surface area contributed by atoms with Gasteiger partial charge in [0, 0.05) is 57.8 Å². The zero-order valence-corrected chi connectivity index (χ0v) is 44.8. The van der Waals surface area contributed by atoms with Crippen LogP contribution in [0.2, 0.25) is 0 Å². The molecule has 20 nitrogen and oxygen atoms in total. The molecule has 0 bridgehead atoms. The SMILES string of the molecule is CO[C@H]1CC(O[C@H]2CC[C@@]3(C)C(=CC[C@]4(O)[C@@H]3C[C@@H](OC(=O)c3ccccc3)[C@]3(C)[C@H](C(C)=O)CC[C@@]34O)C2)O[C@H](C)[C@H]1OC1C[C@H](OC)[C@H](OC2C[C@@H](OC)[C@@H](O[C@@H]3O[C@H](CO)[C@@H](O)[C@H](O)[C@H]3O)[C@@H](C)O2)[C@@H](C)O1. The summed E-state index contributed by atoms with van der Waals surface area (Å²) in [4.78, 5) is 27.0. The van der Waals surface area contributed by atoms with Crippen molar-refractivity contribution in [3.8, 4) is 0 Å². The maximum Gasteiger partial charge on any atom is 0.338 e. The predicted octanol–water partition coefficient (Wildman–Crippen LogP) is 3.01. The number of hydrogen-bond acceptors (Lipinski definition) is 20. The van der Waals surface area contributed by atoms with Crippen LogP contribution in [0.15, 0.2) is 42.0 Å². The van der Waals surface area contributed by atoms with E-state index in [0.29, 0.717) is 44.1 Å². The second kappa shape index (κ2) is 22.5. The van der Waals surface area contributed by atoms with Crippen molar-refractivity contribution >= 4 is 11.8 Å². The number of rotatable bonds is 15. The molecule has 0 radical (unpaired) electrons. The number of aliphatic hydroxyl groups is 6. The molecule has 422 valence electrons. The molecule has 1 aromatic carbocycles. The smallest absolute Gasteiger partial charge is 0.338 e. The van der Waals surface area contributed by atoms with Crippen LogP contribution in [-0.4, -0.2) is 198 Å². The van der Waals surface area contributed by atoms with Gasteiger partial charge in [0.15, 0.2) is 25.2 Å². The van der Waals surface area contributed by atoms with Crippen LogP contribution in [0.4, 0.5) is 0 Å². The molecule has 0 spiro atoms. The summed E-state index contributed by atoms with van der Waals surface area (Å²) < 4.78 is 75.0. The molecule has 0 amide bonds. The molecule has 4 saturated heterocycles. The van der Waals surface area contributed by atoms with E-state index in [0.717, 1.165) is 5.57 Å². The summed E-state index contributed by atoms with van der Waals surface area (Å²) in [6.45, 7) is 10.5. The Morgan fingerprint density at radius 2 is 1.24 bits per heavy atom. The lowest BCUT2D eigenvalue weighted by Gasteiger charge is -2.66. The van der Waals surface area contributed by atoms with Crippen LogP contribution in [0.3, 0.4) is 0 Å². The first-order valence-corrected chi connectivity index (χ1v) is 27.0. The number of hydrogen-bond donors (Lipinski definition) is 6. The topological polar surface area (TPSA) is 266 Å². The molecule has 4 aliphatic heterocycles. The zero-order valence-electron chi connectivity index (χ0n) is 44.8. The minimum absolute atomic E-state index is 0.0936. The highest BCUT2D eigenvalue weighted by Gasteiger charge is 2.77. The van der Waals surface area contributed by atoms with Crippen molar-refractivity contribution in [3.05, 3.63) is 47.5 Å². The molecule has 20 heteroatoms. The summed E-state index contributed by atoms with van der Waals surface area (Å²) in [5.74, 6) is -1.68. The van der Waals surface area contributed by atoms with Crippen molar-refractivity contribution in [2.75, 3.05) is 27.9 Å². The van der Waals surface area contributed by atoms with Gasteiger partial charge in [-0.25, -0.2) is 4.79 Å². The number of ether oxygens (including phenoxy) is 12. The molecule has 1 aromatic rings. The van der Waals surface area contributed by atoms with Gasteiger partial charge in [0.25, 0.3) is 0 Å². The molecule has 25 atom stereocenters. The van der Waals surface area contributed by atoms with Crippen LogP contribution < -0.4 is 0 Å². The van der Waals surface area contributed by atoms with Crippen LogP contribution in [0.5, 0.6) is 0 Å². The minimum atomic E-state index is -1.69. The summed E-state index contributed by atoms with van der Waals surface area (Å²) in [7, 11) is 4.75. The normalized spacial score (nSPS) is 48.9. The summed E-state index contributed by atoms with van der Waals surface area (Å²) in [5, 5.41) is 66.7. The number of Topliss-reactive ketones (excluding diaryl/α,β-unsaturated/α-hetero) is 1. The molecular formula is C55H82O20. The molecule has 9 rings (SSSR count). The zero-order chi connectivity index (χ0) is 53.9. The van der Waals surface area contributed by atoms with E-state index in [-0.39, 0.29) is 37.6 Å². The van der Waals surface area contributed by atoms with E-state index < -0.39 is 157 Å². The first-order chi connectivity index (χ1) is 35.6. The standard InChI is InChI=1S/C55H82O20/c1-27(57)34-17-20-55(63)53(34,6)40(72-50(61)31-13-11-10-12-14-31)25-39-52(5)18-16-33(21-32(52)15-19-54(39,55)62)70-41-22-35(64-7)47(28(2)67-41)73-42-23-36(65-8)48(29(3)68-42)74-43-24-37(66-9)49(30(4)69-43)75-51-46(60)45(59)44(58)38(26-56)71-51/h10-15,28-30,33-49,51,56,58-60,62-63H,16-26H2,1-9H3/t28-,29-,30-,33+,34+,35+,36+,37-,38-,39-,40-,41?,42?,43?,44-,45+,46-,47-,48-,49+,51+,52+,53+,54+,55-/m1/s1. The first-order valence-electron chi connectivity index (χ1n) is 27.0. The fourth-order valence-electron chi connectivity index (χ4n) is 14.7. The second-order valence-corrected chi connectivity index (χ2v) is 23.0. The molecule has 3 saturated carbocycles. The predicted molar refractivity (Wildman–Crippen MR) is 262 cm³/mol. The summed E-state index contributed by atoms with van der Waals surface area (Å²) >= 11 is 0. The number of aliphatic hydroxyl groups excluding tert-OH is 4. The Kier molecular flexibility index (Phi) is 17.1. The molecule has 7 fully saturated rings. The van der Waals surface area contributed by atoms with Crippen LogP contribution in [0, 0.1) is 22.7 Å². The van der Waals surface area contributed by atoms with Gasteiger partial charge >= 0.3 is 5.97 Å². The van der Waals surface area contributed by atoms with E-state index in [4.69, 9.17) is 56.8 Å². The van der Waals surface area contributed by atoms with E-state index >= 15 is 0 Å². The van der Waals surface area contributed by atoms with Gasteiger partial charge in [-0.15, -0.1) is 0 Å². The van der Waals surface area contributed by atoms with Gasteiger partial charge < -0.3 is 87.5 Å². The van der Waals surface area contributed by atoms with Crippen LogP contribution >= 0.6 is 0 Å². The molecule has 3 unspecified atom stereocenters. The summed E-state index contributed by atoms with van der Waals surface area (Å²) in [6, 6.07) is 8.73. The highest BCUT2D eigenvalue weighted by atomic mass is 16.8. The third-order valence-electron chi connectivity index (χ3n) is 19.0. The Labute approximate surface area is 439 Å². The highest BCUT2D eigenvalue weighted by molar-refractivity contribution is 5.89. The van der Waals surface area contributed by atoms with E-state index in [9.17, 15) is 40.2 Å². The monoisotopic (exact) mass is 1060 g/mol. The maximum absolute atomic E-state index is 13.7. The molecule has 4 aliphatic carbocycles. The van der Waals surface area contributed by atoms with Gasteiger partial charge in [-0.3, -0.25) is 4.79 Å². The van der Waals surface area contributed by atoms with Crippen LogP contribution in [0.25, 0.3) is 0 Å². The fraction of sp³-hybridized carbons (Fsp3) is 0.818. The molecule has 8 aliphatic rings. The van der Waals surface area contributed by atoms with E-state index in [1.54, 1.807) is 45.4 Å². The lowest BCUT2D eigenvalue weighted by Crippen LogP contribution is -2.75. The van der Waals surface area contributed by atoms with Crippen LogP contribution in [-0.2, 0) is 61.6 Å². The Hall–Kier alpha value is -2.58. The fourth-order valence-corrected chi connectivity index (χ4v) is 14.7. The van der Waals surface area contributed by atoms with Gasteiger partial charge in [0.2, 0.25) is 0 Å². The third-order valence-corrected chi connectivity index (χ3v) is 19.0. The van der Waals surface area contributed by atoms with Crippen molar-refractivity contribution in [3.63, 3.8) is 0 Å². The van der Waals surface area contributed by atoms with Crippen molar-refractivity contribution in [1.29, 1.82) is 0 Å². The molecule has 4 heterocycles. The van der Waals surface area contributed by atoms with E-state index in [2.05, 4.69) is 13.0 Å². The van der Waals surface area contributed by atoms with E-state index in [1.807, 2.05) is 26.8 Å². The number of fused-ring (bicyclic) bond motifs is 5. The lowest BCUT2D eigenvalue weighted by atomic mass is 9.43. The van der Waals surface area contributed by atoms with Crippen molar-refractivity contribution in [2.45, 2.75) is 234 Å². The second-order valence-electron chi connectivity index (χ2n) is 23.0. The molecule has 6 N–H and O–H groups in total. The molecule has 75 heavy (non-hydrogen) atoms. The number of esters is 1. The quantitative estimate of drug-likeness (QED) is 0.109. The van der Waals surface area contributed by atoms with Gasteiger partial charge in [0.05, 0.1) is 54.9 Å². The average Bonchev–Trinajstić information content (AvgIpc) is 3.79. The maximum atomic E-state index is 13.7. The van der Waals surface area contributed by atoms with E-state index in [1.165, 1.54) is 14.0 Å². The Morgan fingerprint density at radius 1 is 0.693 bits per heavy atom. The number of carbonyl (C=O) groups is 2. The average molecular weight is 1060 g/mol. The Balaban J connectivity index is 0.804. The Morgan fingerprint density at radius 3 is 1.77 bits per heavy atom. The Bertz CT molecular complexity index is 2170. The van der Waals surface area contributed by atoms with Gasteiger partial charge in [-0.2, -0.15) is 0 Å². The number of benzene rings is 1. The third kappa shape index (κ3) is 10.2. The van der Waals surface area contributed by atoms with Crippen LogP contribution in [0.1, 0.15) is 116 Å². The largest absolute Gasteiger partial charge is 0.458 e. The highest BCUT2D eigenvalue weighted by Crippen LogP contribution is 2.70. The summed E-state index contributed by atoms with van der Waals surface area (Å²) in [6.07, 6.45) is -9.29. The van der Waals surface area contributed by atoms with Gasteiger partial charge in [-0.05, 0) is 90.2 Å². The first kappa shape index (κ1) is 57.1. The lowest BCUT2D eigenvalue weighted by molar-refractivity contribution is -0.357. The van der Waals surface area contributed by atoms with Crippen molar-refractivity contribution < 1.29 is 97.1 Å².